The average Bonchev–Trinajstić information content (AvgIpc) is 3.34. The van der Waals surface area contributed by atoms with Crippen molar-refractivity contribution in [1.29, 1.82) is 0 Å². The molecule has 26 heavy (non-hydrogen) atoms. The maximum atomic E-state index is 4.54. The summed E-state index contributed by atoms with van der Waals surface area (Å²) < 4.78 is 1.89. The van der Waals surface area contributed by atoms with Crippen molar-refractivity contribution in [2.45, 2.75) is 19.5 Å². The Kier molecular flexibility index (Phi) is 3.88. The Balaban J connectivity index is 1.49. The Hall–Kier alpha value is -2.77. The first-order valence-electron chi connectivity index (χ1n) is 8.68. The number of hydrogen-bond acceptors (Lipinski definition) is 6. The average molecular weight is 362 g/mol. The molecule has 3 aromatic heterocycles. The lowest BCUT2D eigenvalue weighted by Crippen LogP contribution is -2.22. The molecule has 0 atom stereocenters. The highest BCUT2D eigenvalue weighted by Crippen LogP contribution is 2.35. The molecule has 4 aromatic rings. The van der Waals surface area contributed by atoms with Crippen LogP contribution in [-0.2, 0) is 19.5 Å². The molecule has 4 heterocycles. The van der Waals surface area contributed by atoms with Crippen LogP contribution in [0.1, 0.15) is 16.0 Å². The fraction of sp³-hybridized carbons (Fsp3) is 0.211. The molecule has 7 heteroatoms. The fourth-order valence-corrected chi connectivity index (χ4v) is 4.62. The Labute approximate surface area is 154 Å². The molecule has 5 rings (SSSR count). The summed E-state index contributed by atoms with van der Waals surface area (Å²) in [6.07, 6.45) is 6.44. The van der Waals surface area contributed by atoms with Gasteiger partial charge in [0.05, 0.1) is 11.1 Å². The van der Waals surface area contributed by atoms with E-state index in [1.165, 1.54) is 21.4 Å². The Morgan fingerprint density at radius 1 is 1.19 bits per heavy atom. The van der Waals surface area contributed by atoms with Crippen molar-refractivity contribution >= 4 is 27.4 Å². The van der Waals surface area contributed by atoms with E-state index in [2.05, 4.69) is 43.9 Å². The van der Waals surface area contributed by atoms with E-state index < -0.39 is 0 Å². The maximum absolute atomic E-state index is 4.54. The molecule has 0 amide bonds. The fourth-order valence-electron chi connectivity index (χ4n) is 3.47. The lowest BCUT2D eigenvalue weighted by atomic mass is 10.1. The van der Waals surface area contributed by atoms with Gasteiger partial charge in [0.25, 0.3) is 0 Å². The predicted octanol–water partition coefficient (Wildman–Crippen LogP) is 3.13. The van der Waals surface area contributed by atoms with Crippen molar-refractivity contribution in [3.05, 3.63) is 65.1 Å². The zero-order valence-corrected chi connectivity index (χ0v) is 15.0. The summed E-state index contributed by atoms with van der Waals surface area (Å²) in [5.74, 6) is 0.921. The molecule has 0 saturated carbocycles. The van der Waals surface area contributed by atoms with Crippen molar-refractivity contribution in [2.75, 3.05) is 11.9 Å². The number of thiophene rings is 1. The van der Waals surface area contributed by atoms with E-state index in [4.69, 9.17) is 0 Å². The minimum atomic E-state index is 0.686. The summed E-state index contributed by atoms with van der Waals surface area (Å²) in [6.45, 7) is 2.62. The molecule has 0 aliphatic carbocycles. The van der Waals surface area contributed by atoms with Crippen LogP contribution in [0.3, 0.4) is 0 Å². The molecule has 0 radical (unpaired) electrons. The van der Waals surface area contributed by atoms with Gasteiger partial charge in [0.15, 0.2) is 0 Å². The quantitative estimate of drug-likeness (QED) is 0.584. The molecular formula is C19H18N6S. The first-order chi connectivity index (χ1) is 12.9. The van der Waals surface area contributed by atoms with E-state index >= 15 is 0 Å². The van der Waals surface area contributed by atoms with Gasteiger partial charge in [-0.25, -0.2) is 14.6 Å². The van der Waals surface area contributed by atoms with Crippen molar-refractivity contribution in [2.24, 2.45) is 0 Å². The van der Waals surface area contributed by atoms with Gasteiger partial charge in [-0.1, -0.05) is 18.2 Å². The topological polar surface area (TPSA) is 67.7 Å². The first-order valence-corrected chi connectivity index (χ1v) is 9.49. The molecule has 2 N–H and O–H groups in total. The van der Waals surface area contributed by atoms with E-state index in [0.29, 0.717) is 6.54 Å². The van der Waals surface area contributed by atoms with Gasteiger partial charge >= 0.3 is 0 Å². The monoisotopic (exact) mass is 362 g/mol. The number of fused-ring (bicyclic) bond motifs is 3. The summed E-state index contributed by atoms with van der Waals surface area (Å²) in [7, 11) is 0. The van der Waals surface area contributed by atoms with Gasteiger partial charge in [-0.2, -0.15) is 5.10 Å². The number of nitrogens with zero attached hydrogens (tertiary/aromatic N) is 4. The SMILES string of the molecule is c1ccc(-n2cccn2)c(CNc2ncnc3sc4c(c23)CCNC4)c1. The van der Waals surface area contributed by atoms with Crippen LogP contribution in [0.25, 0.3) is 15.9 Å². The van der Waals surface area contributed by atoms with Gasteiger partial charge in [0, 0.05) is 30.4 Å². The van der Waals surface area contributed by atoms with Gasteiger partial charge in [-0.15, -0.1) is 11.3 Å². The van der Waals surface area contributed by atoms with Gasteiger partial charge in [-0.05, 0) is 36.2 Å². The minimum Gasteiger partial charge on any atom is -0.365 e. The molecule has 130 valence electrons. The van der Waals surface area contributed by atoms with E-state index in [9.17, 15) is 0 Å². The highest BCUT2D eigenvalue weighted by molar-refractivity contribution is 7.18. The second kappa shape index (κ2) is 6.51. The van der Waals surface area contributed by atoms with Crippen molar-refractivity contribution in [1.82, 2.24) is 25.1 Å². The first kappa shape index (κ1) is 15.5. The molecule has 0 spiro atoms. The standard InChI is InChI=1S/C19H18N6S/c1-2-5-15(25-9-3-7-24-25)13(4-1)10-21-18-17-14-6-8-20-11-16(14)26-19(17)23-12-22-18/h1-5,7,9,12,20H,6,8,10-11H2,(H,21,22,23). The highest BCUT2D eigenvalue weighted by atomic mass is 32.1. The van der Waals surface area contributed by atoms with Gasteiger partial charge < -0.3 is 10.6 Å². The zero-order valence-electron chi connectivity index (χ0n) is 14.1. The normalized spacial score (nSPS) is 13.7. The smallest absolute Gasteiger partial charge is 0.138 e. The lowest BCUT2D eigenvalue weighted by Gasteiger charge is -2.14. The molecular weight excluding hydrogens is 344 g/mol. The lowest BCUT2D eigenvalue weighted by molar-refractivity contribution is 0.657. The summed E-state index contributed by atoms with van der Waals surface area (Å²) in [4.78, 5) is 11.5. The Morgan fingerprint density at radius 3 is 3.08 bits per heavy atom. The third-order valence-electron chi connectivity index (χ3n) is 4.70. The largest absolute Gasteiger partial charge is 0.365 e. The molecule has 0 saturated heterocycles. The van der Waals surface area contributed by atoms with Crippen molar-refractivity contribution in [3.63, 3.8) is 0 Å². The third-order valence-corrected chi connectivity index (χ3v) is 5.84. The third kappa shape index (κ3) is 2.65. The minimum absolute atomic E-state index is 0.686. The van der Waals surface area contributed by atoms with E-state index in [-0.39, 0.29) is 0 Å². The van der Waals surface area contributed by atoms with Gasteiger partial charge in [0.1, 0.15) is 17.0 Å². The summed E-state index contributed by atoms with van der Waals surface area (Å²) in [5, 5.41) is 12.5. The summed E-state index contributed by atoms with van der Waals surface area (Å²) in [5.41, 5.74) is 3.65. The second-order valence-electron chi connectivity index (χ2n) is 6.27. The van der Waals surface area contributed by atoms with Crippen LogP contribution in [0.15, 0.2) is 49.1 Å². The van der Waals surface area contributed by atoms with Gasteiger partial charge in [-0.3, -0.25) is 0 Å². The van der Waals surface area contributed by atoms with Crippen LogP contribution in [0.2, 0.25) is 0 Å². The van der Waals surface area contributed by atoms with E-state index in [1.807, 2.05) is 23.0 Å². The zero-order chi connectivity index (χ0) is 17.3. The molecule has 1 aromatic carbocycles. The van der Waals surface area contributed by atoms with Crippen LogP contribution >= 0.6 is 11.3 Å². The molecule has 0 bridgehead atoms. The molecule has 1 aliphatic rings. The number of hydrogen-bond donors (Lipinski definition) is 2. The molecule has 1 aliphatic heterocycles. The number of anilines is 1. The Morgan fingerprint density at radius 2 is 2.15 bits per heavy atom. The molecule has 0 fully saturated rings. The van der Waals surface area contributed by atoms with E-state index in [1.54, 1.807) is 23.9 Å². The van der Waals surface area contributed by atoms with Crippen molar-refractivity contribution in [3.8, 4) is 5.69 Å². The van der Waals surface area contributed by atoms with Crippen LogP contribution < -0.4 is 10.6 Å². The molecule has 0 unspecified atom stereocenters. The van der Waals surface area contributed by atoms with Crippen LogP contribution in [0, 0.1) is 0 Å². The summed E-state index contributed by atoms with van der Waals surface area (Å²) >= 11 is 1.77. The maximum Gasteiger partial charge on any atom is 0.138 e. The summed E-state index contributed by atoms with van der Waals surface area (Å²) in [6, 6.07) is 10.2. The number of para-hydroxylation sites is 1. The number of nitrogens with one attached hydrogen (secondary N) is 2. The Bertz CT molecular complexity index is 1050. The van der Waals surface area contributed by atoms with Crippen LogP contribution in [0.5, 0.6) is 0 Å². The van der Waals surface area contributed by atoms with E-state index in [0.717, 1.165) is 35.8 Å². The van der Waals surface area contributed by atoms with Gasteiger partial charge in [0.2, 0.25) is 0 Å². The van der Waals surface area contributed by atoms with Crippen LogP contribution in [-0.4, -0.2) is 26.3 Å². The highest BCUT2D eigenvalue weighted by Gasteiger charge is 2.19. The predicted molar refractivity (Wildman–Crippen MR) is 104 cm³/mol. The van der Waals surface area contributed by atoms with Crippen molar-refractivity contribution < 1.29 is 0 Å². The molecule has 6 nitrogen and oxygen atoms in total. The number of aromatic nitrogens is 4. The second-order valence-corrected chi connectivity index (χ2v) is 7.35. The number of rotatable bonds is 4. The van der Waals surface area contributed by atoms with Crippen LogP contribution in [0.4, 0.5) is 5.82 Å². The number of benzene rings is 1.